The minimum atomic E-state index is -0.675. The molecule has 3 nitrogen and oxygen atoms in total. The van der Waals surface area contributed by atoms with Gasteiger partial charge in [-0.25, -0.2) is 4.79 Å². The van der Waals surface area contributed by atoms with Crippen LogP contribution in [0.5, 0.6) is 0 Å². The Balaban J connectivity index is 2.31. The molecule has 1 radical (unpaired) electrons. The molecule has 0 aliphatic heterocycles. The van der Waals surface area contributed by atoms with E-state index in [1.54, 1.807) is 6.92 Å². The van der Waals surface area contributed by atoms with E-state index in [0.717, 1.165) is 5.56 Å². The molecule has 0 atom stereocenters. The van der Waals surface area contributed by atoms with Crippen LogP contribution in [0.3, 0.4) is 0 Å². The summed E-state index contributed by atoms with van der Waals surface area (Å²) in [5.41, 5.74) is 0.940. The first-order chi connectivity index (χ1) is 6.33. The van der Waals surface area contributed by atoms with Gasteiger partial charge in [-0.3, -0.25) is 0 Å². The van der Waals surface area contributed by atoms with Gasteiger partial charge in [0.25, 0.3) is 0 Å². The summed E-state index contributed by atoms with van der Waals surface area (Å²) in [6.07, 6.45) is -0.675. The molecule has 0 spiro atoms. The number of carbonyl (C=O) groups excluding carboxylic acids is 1. The Hall–Kier alpha value is -1.51. The highest BCUT2D eigenvalue weighted by Gasteiger charge is 2.01. The van der Waals surface area contributed by atoms with Crippen molar-refractivity contribution in [2.45, 2.75) is 13.5 Å². The van der Waals surface area contributed by atoms with Gasteiger partial charge >= 0.3 is 6.16 Å². The van der Waals surface area contributed by atoms with E-state index >= 15 is 0 Å². The molecule has 1 aromatic rings. The first-order valence-electron chi connectivity index (χ1n) is 3.98. The third-order valence-corrected chi connectivity index (χ3v) is 1.41. The van der Waals surface area contributed by atoms with Crippen LogP contribution in [0.15, 0.2) is 30.3 Å². The molecule has 0 aliphatic rings. The quantitative estimate of drug-likeness (QED) is 0.669. The van der Waals surface area contributed by atoms with Crippen LogP contribution >= 0.6 is 0 Å². The summed E-state index contributed by atoms with van der Waals surface area (Å²) in [6, 6.07) is 9.43. The van der Waals surface area contributed by atoms with E-state index in [0.29, 0.717) is 0 Å². The van der Waals surface area contributed by atoms with Crippen molar-refractivity contribution in [2.24, 2.45) is 0 Å². The lowest BCUT2D eigenvalue weighted by Gasteiger charge is -2.03. The largest absolute Gasteiger partial charge is 0.509 e. The Morgan fingerprint density at radius 1 is 1.38 bits per heavy atom. The number of benzene rings is 1. The number of hydrogen-bond donors (Lipinski definition) is 0. The number of carbonyl (C=O) groups is 1. The zero-order valence-electron chi connectivity index (χ0n) is 7.40. The highest BCUT2D eigenvalue weighted by Crippen LogP contribution is 2.01. The third kappa shape index (κ3) is 3.60. The second-order valence-corrected chi connectivity index (χ2v) is 2.38. The van der Waals surface area contributed by atoms with E-state index in [-0.39, 0.29) is 6.61 Å². The Bertz CT molecular complexity index is 256. The van der Waals surface area contributed by atoms with Crippen molar-refractivity contribution >= 4 is 6.16 Å². The molecular weight excluding hydrogens is 168 g/mol. The molecule has 0 N–H and O–H groups in total. The first-order valence-corrected chi connectivity index (χ1v) is 3.98. The van der Waals surface area contributed by atoms with Crippen LogP contribution in [0, 0.1) is 6.61 Å². The van der Waals surface area contributed by atoms with Crippen LogP contribution < -0.4 is 0 Å². The van der Waals surface area contributed by atoms with E-state index in [1.807, 2.05) is 30.3 Å². The molecule has 0 aromatic heterocycles. The van der Waals surface area contributed by atoms with E-state index in [1.165, 1.54) is 6.61 Å². The smallest absolute Gasteiger partial charge is 0.429 e. The zero-order valence-corrected chi connectivity index (χ0v) is 7.40. The van der Waals surface area contributed by atoms with Crippen molar-refractivity contribution in [1.82, 2.24) is 0 Å². The fraction of sp³-hybridized carbons (Fsp3) is 0.200. The van der Waals surface area contributed by atoms with Crippen LogP contribution in [-0.2, 0) is 16.1 Å². The fourth-order valence-electron chi connectivity index (χ4n) is 0.847. The maximum atomic E-state index is 10.7. The molecule has 0 fully saturated rings. The summed E-state index contributed by atoms with van der Waals surface area (Å²) in [6.45, 7) is 3.14. The van der Waals surface area contributed by atoms with Gasteiger partial charge in [-0.05, 0) is 12.5 Å². The molecule has 0 amide bonds. The Morgan fingerprint density at radius 3 is 2.69 bits per heavy atom. The van der Waals surface area contributed by atoms with Gasteiger partial charge in [0.1, 0.15) is 13.2 Å². The molecule has 0 unspecified atom stereocenters. The summed E-state index contributed by atoms with van der Waals surface area (Å²) >= 11 is 0. The SMILES string of the molecule is C[CH]OC(=O)OCc1ccccc1. The van der Waals surface area contributed by atoms with Crippen LogP contribution in [0.1, 0.15) is 12.5 Å². The van der Waals surface area contributed by atoms with Crippen molar-refractivity contribution in [1.29, 1.82) is 0 Å². The van der Waals surface area contributed by atoms with Crippen molar-refractivity contribution < 1.29 is 14.3 Å². The van der Waals surface area contributed by atoms with Gasteiger partial charge in [-0.1, -0.05) is 30.3 Å². The minimum absolute atomic E-state index is 0.244. The Labute approximate surface area is 77.3 Å². The monoisotopic (exact) mass is 179 g/mol. The van der Waals surface area contributed by atoms with Crippen molar-refractivity contribution in [2.75, 3.05) is 0 Å². The zero-order chi connectivity index (χ0) is 9.52. The Morgan fingerprint density at radius 2 is 2.08 bits per heavy atom. The molecule has 0 saturated heterocycles. The van der Waals surface area contributed by atoms with Crippen LogP contribution in [0.2, 0.25) is 0 Å². The average Bonchev–Trinajstić information content (AvgIpc) is 2.17. The van der Waals surface area contributed by atoms with Gasteiger partial charge in [-0.15, -0.1) is 0 Å². The fourth-order valence-corrected chi connectivity index (χ4v) is 0.847. The maximum absolute atomic E-state index is 10.7. The van der Waals surface area contributed by atoms with Gasteiger partial charge in [0.05, 0.1) is 0 Å². The second-order valence-electron chi connectivity index (χ2n) is 2.38. The van der Waals surface area contributed by atoms with Crippen molar-refractivity contribution in [3.63, 3.8) is 0 Å². The van der Waals surface area contributed by atoms with E-state index in [4.69, 9.17) is 4.74 Å². The molecule has 1 rings (SSSR count). The molecule has 0 aliphatic carbocycles. The van der Waals surface area contributed by atoms with Crippen LogP contribution in [0.4, 0.5) is 4.79 Å². The van der Waals surface area contributed by atoms with Crippen LogP contribution in [0.25, 0.3) is 0 Å². The second kappa shape index (κ2) is 5.19. The van der Waals surface area contributed by atoms with Gasteiger partial charge in [0.2, 0.25) is 0 Å². The molecular formula is C10H11O3. The summed E-state index contributed by atoms with van der Waals surface area (Å²) in [4.78, 5) is 10.7. The van der Waals surface area contributed by atoms with Gasteiger partial charge < -0.3 is 9.47 Å². The lowest BCUT2D eigenvalue weighted by molar-refractivity contribution is 0.0690. The number of ether oxygens (including phenoxy) is 2. The molecule has 0 saturated carbocycles. The Kier molecular flexibility index (Phi) is 3.82. The predicted octanol–water partition coefficient (Wildman–Crippen LogP) is 2.52. The molecule has 13 heavy (non-hydrogen) atoms. The normalized spacial score (nSPS) is 9.31. The van der Waals surface area contributed by atoms with E-state index in [9.17, 15) is 4.79 Å². The third-order valence-electron chi connectivity index (χ3n) is 1.41. The summed E-state index contributed by atoms with van der Waals surface area (Å²) in [5.74, 6) is 0. The van der Waals surface area contributed by atoms with Crippen molar-refractivity contribution in [3.05, 3.63) is 42.5 Å². The van der Waals surface area contributed by atoms with Gasteiger partial charge in [0, 0.05) is 0 Å². The minimum Gasteiger partial charge on any atom is -0.429 e. The first kappa shape index (κ1) is 9.58. The molecule has 69 valence electrons. The van der Waals surface area contributed by atoms with Crippen LogP contribution in [-0.4, -0.2) is 6.16 Å². The summed E-state index contributed by atoms with van der Waals surface area (Å²) < 4.78 is 9.25. The highest BCUT2D eigenvalue weighted by molar-refractivity contribution is 5.60. The molecule has 0 bridgehead atoms. The molecule has 0 heterocycles. The lowest BCUT2D eigenvalue weighted by Crippen LogP contribution is -2.04. The van der Waals surface area contributed by atoms with Gasteiger partial charge in [-0.2, -0.15) is 0 Å². The molecule has 1 aromatic carbocycles. The number of hydrogen-bond acceptors (Lipinski definition) is 3. The topological polar surface area (TPSA) is 35.5 Å². The van der Waals surface area contributed by atoms with Gasteiger partial charge in [0.15, 0.2) is 0 Å². The molecule has 3 heteroatoms. The van der Waals surface area contributed by atoms with E-state index < -0.39 is 6.16 Å². The predicted molar refractivity (Wildman–Crippen MR) is 47.7 cm³/mol. The standard InChI is InChI=1S/C10H11O3/c1-2-12-10(11)13-8-9-6-4-3-5-7-9/h2-7H,8H2,1H3. The van der Waals surface area contributed by atoms with Crippen molar-refractivity contribution in [3.8, 4) is 0 Å². The maximum Gasteiger partial charge on any atom is 0.509 e. The van der Waals surface area contributed by atoms with E-state index in [2.05, 4.69) is 4.74 Å². The average molecular weight is 179 g/mol. The summed E-state index contributed by atoms with van der Waals surface area (Å²) in [5, 5.41) is 0. The summed E-state index contributed by atoms with van der Waals surface area (Å²) in [7, 11) is 0. The lowest BCUT2D eigenvalue weighted by atomic mass is 10.2. The highest BCUT2D eigenvalue weighted by atomic mass is 16.7. The number of rotatable bonds is 3.